The molecule has 1 aromatic carbocycles. The van der Waals surface area contributed by atoms with Gasteiger partial charge in [-0.15, -0.1) is 0 Å². The third-order valence-electron chi connectivity index (χ3n) is 3.01. The van der Waals surface area contributed by atoms with Crippen LogP contribution in [0.25, 0.3) is 0 Å². The largest absolute Gasteiger partial charge is 0.462 e. The lowest BCUT2D eigenvalue weighted by atomic mass is 10.1. The summed E-state index contributed by atoms with van der Waals surface area (Å²) in [7, 11) is -3.65. The van der Waals surface area contributed by atoms with Crippen LogP contribution >= 0.6 is 0 Å². The van der Waals surface area contributed by atoms with Crippen molar-refractivity contribution in [3.05, 3.63) is 29.3 Å². The van der Waals surface area contributed by atoms with Crippen molar-refractivity contribution in [2.45, 2.75) is 32.1 Å². The average molecular weight is 328 g/mol. The minimum Gasteiger partial charge on any atom is -0.462 e. The maximum absolute atomic E-state index is 12.3. The first-order valence-electron chi connectivity index (χ1n) is 7.40. The van der Waals surface area contributed by atoms with Gasteiger partial charge in [0.15, 0.2) is 0 Å². The fourth-order valence-electron chi connectivity index (χ4n) is 1.88. The number of aryl methyl sites for hydroxylation is 1. The molecular weight excluding hydrogens is 304 g/mol. The summed E-state index contributed by atoms with van der Waals surface area (Å²) in [5.41, 5.74) is 0.819. The van der Waals surface area contributed by atoms with Crippen LogP contribution in [0.5, 0.6) is 0 Å². The zero-order chi connectivity index (χ0) is 16.6. The molecule has 0 aromatic heterocycles. The van der Waals surface area contributed by atoms with Crippen LogP contribution in [0.4, 0.5) is 0 Å². The number of carbonyl (C=O) groups is 1. The minimum atomic E-state index is -3.65. The molecule has 0 saturated carbocycles. The second-order valence-electron chi connectivity index (χ2n) is 4.85. The lowest BCUT2D eigenvalue weighted by Gasteiger charge is -2.11. The molecule has 124 valence electrons. The van der Waals surface area contributed by atoms with Gasteiger partial charge >= 0.3 is 5.97 Å². The van der Waals surface area contributed by atoms with Gasteiger partial charge in [-0.1, -0.05) is 13.0 Å². The molecule has 0 unspecified atom stereocenters. The zero-order valence-electron chi connectivity index (χ0n) is 13.3. The highest BCUT2D eigenvalue weighted by Gasteiger charge is 2.19. The fourth-order valence-corrected chi connectivity index (χ4v) is 3.18. The summed E-state index contributed by atoms with van der Waals surface area (Å²) in [6, 6.07) is 4.53. The van der Waals surface area contributed by atoms with Crippen LogP contribution in [0.15, 0.2) is 23.1 Å². The van der Waals surface area contributed by atoms with Gasteiger partial charge in [-0.05, 0) is 44.5 Å². The molecular formula is C15H24N2O4S. The molecule has 0 aliphatic rings. The Balaban J connectivity index is 2.84. The summed E-state index contributed by atoms with van der Waals surface area (Å²) in [6.45, 7) is 7.39. The lowest BCUT2D eigenvalue weighted by Crippen LogP contribution is -2.32. The standard InChI is InChI=1S/C15H24N2O4S/c1-4-8-16-9-10-17-22(19,20)14-11-13(7-6-12(14)3)15(18)21-5-2/h6-7,11,16-17H,4-5,8-10H2,1-3H3. The van der Waals surface area contributed by atoms with E-state index in [1.807, 2.05) is 6.92 Å². The normalized spacial score (nSPS) is 11.4. The van der Waals surface area contributed by atoms with Crippen LogP contribution in [-0.2, 0) is 14.8 Å². The van der Waals surface area contributed by atoms with Crippen LogP contribution in [-0.4, -0.2) is 40.6 Å². The smallest absolute Gasteiger partial charge is 0.338 e. The van der Waals surface area contributed by atoms with Gasteiger partial charge in [-0.3, -0.25) is 0 Å². The molecule has 0 fully saturated rings. The van der Waals surface area contributed by atoms with Gasteiger partial charge in [0.2, 0.25) is 10.0 Å². The van der Waals surface area contributed by atoms with E-state index in [0.717, 1.165) is 13.0 Å². The number of hydrogen-bond donors (Lipinski definition) is 2. The molecule has 0 bridgehead atoms. The summed E-state index contributed by atoms with van der Waals surface area (Å²) in [6.07, 6.45) is 0.993. The number of hydrogen-bond acceptors (Lipinski definition) is 5. The molecule has 0 aliphatic carbocycles. The van der Waals surface area contributed by atoms with E-state index in [-0.39, 0.29) is 17.1 Å². The van der Waals surface area contributed by atoms with Crippen LogP contribution in [0, 0.1) is 6.92 Å². The Kier molecular flexibility index (Phi) is 7.50. The molecule has 7 heteroatoms. The molecule has 0 spiro atoms. The van der Waals surface area contributed by atoms with Crippen LogP contribution in [0.2, 0.25) is 0 Å². The molecule has 22 heavy (non-hydrogen) atoms. The summed E-state index contributed by atoms with van der Waals surface area (Å²) >= 11 is 0. The maximum atomic E-state index is 12.3. The fraction of sp³-hybridized carbons (Fsp3) is 0.533. The van der Waals surface area contributed by atoms with E-state index in [0.29, 0.717) is 18.7 Å². The second kappa shape index (κ2) is 8.87. The SMILES string of the molecule is CCCNCCNS(=O)(=O)c1cc(C(=O)OCC)ccc1C. The van der Waals surface area contributed by atoms with Crippen molar-refractivity contribution < 1.29 is 17.9 Å². The van der Waals surface area contributed by atoms with Gasteiger partial charge in [0.1, 0.15) is 0 Å². The third kappa shape index (κ3) is 5.40. The molecule has 0 atom stereocenters. The average Bonchev–Trinajstić information content (AvgIpc) is 2.47. The van der Waals surface area contributed by atoms with Gasteiger partial charge in [0.25, 0.3) is 0 Å². The number of rotatable bonds is 9. The van der Waals surface area contributed by atoms with Crippen molar-refractivity contribution in [3.8, 4) is 0 Å². The quantitative estimate of drug-likeness (QED) is 0.529. The number of sulfonamides is 1. The lowest BCUT2D eigenvalue weighted by molar-refractivity contribution is 0.0526. The molecule has 1 aromatic rings. The highest BCUT2D eigenvalue weighted by molar-refractivity contribution is 7.89. The van der Waals surface area contributed by atoms with Crippen LogP contribution in [0.3, 0.4) is 0 Å². The molecule has 0 saturated heterocycles. The molecule has 6 nitrogen and oxygen atoms in total. The van der Waals surface area contributed by atoms with Crippen molar-refractivity contribution in [1.29, 1.82) is 0 Å². The highest BCUT2D eigenvalue weighted by Crippen LogP contribution is 2.17. The number of nitrogens with one attached hydrogen (secondary N) is 2. The van der Waals surface area contributed by atoms with Crippen molar-refractivity contribution in [2.24, 2.45) is 0 Å². The summed E-state index contributed by atoms with van der Waals surface area (Å²) < 4.78 is 32.1. The van der Waals surface area contributed by atoms with E-state index >= 15 is 0 Å². The Bertz CT molecular complexity index is 600. The Morgan fingerprint density at radius 1 is 1.18 bits per heavy atom. The minimum absolute atomic E-state index is 0.105. The highest BCUT2D eigenvalue weighted by atomic mass is 32.2. The number of ether oxygens (including phenoxy) is 1. The van der Waals surface area contributed by atoms with E-state index < -0.39 is 16.0 Å². The number of carbonyl (C=O) groups excluding carboxylic acids is 1. The number of esters is 1. The number of benzene rings is 1. The van der Waals surface area contributed by atoms with Crippen LogP contribution < -0.4 is 10.0 Å². The van der Waals surface area contributed by atoms with Crippen molar-refractivity contribution >= 4 is 16.0 Å². The summed E-state index contributed by atoms with van der Waals surface area (Å²) in [5.74, 6) is -0.524. The summed E-state index contributed by atoms with van der Waals surface area (Å²) in [4.78, 5) is 11.8. The predicted molar refractivity (Wildman–Crippen MR) is 85.5 cm³/mol. The molecule has 2 N–H and O–H groups in total. The van der Waals surface area contributed by atoms with Gasteiger partial charge in [-0.2, -0.15) is 0 Å². The first kappa shape index (κ1) is 18.6. The zero-order valence-corrected chi connectivity index (χ0v) is 14.1. The van der Waals surface area contributed by atoms with Crippen molar-refractivity contribution in [3.63, 3.8) is 0 Å². The Hall–Kier alpha value is -1.44. The molecule has 1 rings (SSSR count). The van der Waals surface area contributed by atoms with Crippen molar-refractivity contribution in [1.82, 2.24) is 10.0 Å². The van der Waals surface area contributed by atoms with Gasteiger partial charge in [-0.25, -0.2) is 17.9 Å². The second-order valence-corrected chi connectivity index (χ2v) is 6.58. The summed E-state index contributed by atoms with van der Waals surface area (Å²) in [5, 5.41) is 3.12. The van der Waals surface area contributed by atoms with Crippen LogP contribution in [0.1, 0.15) is 36.2 Å². The monoisotopic (exact) mass is 328 g/mol. The first-order chi connectivity index (χ1) is 10.4. The van der Waals surface area contributed by atoms with Gasteiger partial charge in [0, 0.05) is 13.1 Å². The van der Waals surface area contributed by atoms with Crippen molar-refractivity contribution in [2.75, 3.05) is 26.2 Å². The Morgan fingerprint density at radius 3 is 2.55 bits per heavy atom. The third-order valence-corrected chi connectivity index (χ3v) is 4.61. The van der Waals surface area contributed by atoms with E-state index in [2.05, 4.69) is 10.0 Å². The Labute approximate surface area is 132 Å². The molecule has 0 aliphatic heterocycles. The molecule has 0 heterocycles. The topological polar surface area (TPSA) is 84.5 Å². The predicted octanol–water partition coefficient (Wildman–Crippen LogP) is 1.45. The van der Waals surface area contributed by atoms with E-state index in [1.54, 1.807) is 26.0 Å². The van der Waals surface area contributed by atoms with Gasteiger partial charge in [0.05, 0.1) is 17.1 Å². The first-order valence-corrected chi connectivity index (χ1v) is 8.88. The maximum Gasteiger partial charge on any atom is 0.338 e. The molecule has 0 amide bonds. The van der Waals surface area contributed by atoms with E-state index in [4.69, 9.17) is 4.74 Å². The van der Waals surface area contributed by atoms with Gasteiger partial charge < -0.3 is 10.1 Å². The Morgan fingerprint density at radius 2 is 1.91 bits per heavy atom. The van der Waals surface area contributed by atoms with E-state index in [9.17, 15) is 13.2 Å². The molecule has 0 radical (unpaired) electrons. The van der Waals surface area contributed by atoms with E-state index in [1.165, 1.54) is 6.07 Å².